The van der Waals surface area contributed by atoms with Crippen LogP contribution in [-0.2, 0) is 6.54 Å². The van der Waals surface area contributed by atoms with Crippen molar-refractivity contribution in [3.8, 4) is 11.5 Å². The summed E-state index contributed by atoms with van der Waals surface area (Å²) in [6.07, 6.45) is 0. The number of hydrogen-bond acceptors (Lipinski definition) is 4. The summed E-state index contributed by atoms with van der Waals surface area (Å²) in [6, 6.07) is 12.9. The zero-order chi connectivity index (χ0) is 16.7. The summed E-state index contributed by atoms with van der Waals surface area (Å²) in [5.74, 6) is 0.908. The van der Waals surface area contributed by atoms with Gasteiger partial charge in [0.25, 0.3) is 5.91 Å². The molecule has 2 aromatic carbocycles. The molecule has 0 spiro atoms. The van der Waals surface area contributed by atoms with Crippen LogP contribution in [0, 0.1) is 0 Å². The molecule has 0 unspecified atom stereocenters. The quantitative estimate of drug-likeness (QED) is 0.802. The first-order valence-corrected chi connectivity index (χ1v) is 7.51. The van der Waals surface area contributed by atoms with Crippen LogP contribution >= 0.6 is 12.4 Å². The van der Waals surface area contributed by atoms with Gasteiger partial charge in [-0.3, -0.25) is 4.79 Å². The predicted molar refractivity (Wildman–Crippen MR) is 98.6 cm³/mol. The highest BCUT2D eigenvalue weighted by atomic mass is 35.5. The number of nitrogens with one attached hydrogen (secondary N) is 2. The Kier molecular flexibility index (Phi) is 8.09. The van der Waals surface area contributed by atoms with Gasteiger partial charge in [0, 0.05) is 18.3 Å². The lowest BCUT2D eigenvalue weighted by Gasteiger charge is -2.13. The number of ether oxygens (including phenoxy) is 2. The second kappa shape index (κ2) is 9.80. The van der Waals surface area contributed by atoms with Gasteiger partial charge >= 0.3 is 0 Å². The standard InChI is InChI=1S/C18H22N2O3.ClH/c1-4-19-12-13-7-5-6-8-16(13)20-18(21)15-10-9-14(22-2)11-17(15)23-3;/h5-11,19H,4,12H2,1-3H3,(H,20,21);1H. The smallest absolute Gasteiger partial charge is 0.259 e. The van der Waals surface area contributed by atoms with Crippen LogP contribution in [0.15, 0.2) is 42.5 Å². The molecule has 0 bridgehead atoms. The minimum absolute atomic E-state index is 0. The van der Waals surface area contributed by atoms with E-state index in [1.165, 1.54) is 7.11 Å². The van der Waals surface area contributed by atoms with E-state index in [9.17, 15) is 4.79 Å². The SMILES string of the molecule is CCNCc1ccccc1NC(=O)c1ccc(OC)cc1OC.Cl. The largest absolute Gasteiger partial charge is 0.497 e. The van der Waals surface area contributed by atoms with E-state index in [1.807, 2.05) is 31.2 Å². The molecule has 0 radical (unpaired) electrons. The van der Waals surface area contributed by atoms with Gasteiger partial charge < -0.3 is 20.1 Å². The molecular weight excluding hydrogens is 328 g/mol. The third-order valence-electron chi connectivity index (χ3n) is 3.48. The van der Waals surface area contributed by atoms with Crippen LogP contribution in [-0.4, -0.2) is 26.7 Å². The molecule has 0 atom stereocenters. The van der Waals surface area contributed by atoms with Crippen LogP contribution in [0.5, 0.6) is 11.5 Å². The molecule has 130 valence electrons. The van der Waals surface area contributed by atoms with Gasteiger partial charge in [0.1, 0.15) is 11.5 Å². The summed E-state index contributed by atoms with van der Waals surface area (Å²) in [5, 5.41) is 6.21. The molecule has 24 heavy (non-hydrogen) atoms. The van der Waals surface area contributed by atoms with Crippen molar-refractivity contribution < 1.29 is 14.3 Å². The molecule has 0 aromatic heterocycles. The lowest BCUT2D eigenvalue weighted by Crippen LogP contribution is -2.17. The second-order valence-corrected chi connectivity index (χ2v) is 4.96. The highest BCUT2D eigenvalue weighted by Crippen LogP contribution is 2.26. The predicted octanol–water partition coefficient (Wildman–Crippen LogP) is 3.49. The summed E-state index contributed by atoms with van der Waals surface area (Å²) in [5.41, 5.74) is 2.29. The van der Waals surface area contributed by atoms with Crippen molar-refractivity contribution in [1.29, 1.82) is 0 Å². The number of carbonyl (C=O) groups is 1. The maximum atomic E-state index is 12.6. The van der Waals surface area contributed by atoms with Crippen LogP contribution in [0.1, 0.15) is 22.8 Å². The number of hydrogen-bond donors (Lipinski definition) is 2. The normalized spacial score (nSPS) is 9.79. The number of benzene rings is 2. The lowest BCUT2D eigenvalue weighted by atomic mass is 10.1. The Hall–Kier alpha value is -2.24. The van der Waals surface area contributed by atoms with E-state index in [2.05, 4.69) is 10.6 Å². The molecule has 0 aliphatic heterocycles. The first kappa shape index (κ1) is 19.8. The Morgan fingerprint density at radius 1 is 1.08 bits per heavy atom. The number of amides is 1. The summed E-state index contributed by atoms with van der Waals surface area (Å²) in [6.45, 7) is 3.62. The lowest BCUT2D eigenvalue weighted by molar-refractivity contribution is 0.102. The van der Waals surface area contributed by atoms with Gasteiger partial charge in [-0.15, -0.1) is 12.4 Å². The fraction of sp³-hybridized carbons (Fsp3) is 0.278. The Balaban J connectivity index is 0.00000288. The highest BCUT2D eigenvalue weighted by Gasteiger charge is 2.14. The van der Waals surface area contributed by atoms with Crippen molar-refractivity contribution in [3.63, 3.8) is 0 Å². The average Bonchev–Trinajstić information content (AvgIpc) is 2.60. The molecule has 0 aliphatic carbocycles. The minimum Gasteiger partial charge on any atom is -0.497 e. The van der Waals surface area contributed by atoms with Gasteiger partial charge in [-0.05, 0) is 30.3 Å². The number of para-hydroxylation sites is 1. The van der Waals surface area contributed by atoms with Gasteiger partial charge in [0.15, 0.2) is 0 Å². The van der Waals surface area contributed by atoms with E-state index in [1.54, 1.807) is 25.3 Å². The number of methoxy groups -OCH3 is 2. The molecule has 1 amide bonds. The molecule has 6 heteroatoms. The zero-order valence-electron chi connectivity index (χ0n) is 14.1. The van der Waals surface area contributed by atoms with Crippen molar-refractivity contribution in [3.05, 3.63) is 53.6 Å². The first-order valence-electron chi connectivity index (χ1n) is 7.51. The van der Waals surface area contributed by atoms with Gasteiger partial charge in [0.05, 0.1) is 19.8 Å². The second-order valence-electron chi connectivity index (χ2n) is 4.96. The maximum absolute atomic E-state index is 12.6. The zero-order valence-corrected chi connectivity index (χ0v) is 14.9. The van der Waals surface area contributed by atoms with Crippen LogP contribution in [0.2, 0.25) is 0 Å². The monoisotopic (exact) mass is 350 g/mol. The molecule has 5 nitrogen and oxygen atoms in total. The van der Waals surface area contributed by atoms with E-state index in [4.69, 9.17) is 9.47 Å². The molecule has 2 aromatic rings. The molecule has 2 N–H and O–H groups in total. The van der Waals surface area contributed by atoms with Gasteiger partial charge in [-0.25, -0.2) is 0 Å². The van der Waals surface area contributed by atoms with Crippen molar-refractivity contribution in [2.75, 3.05) is 26.1 Å². The van der Waals surface area contributed by atoms with E-state index in [-0.39, 0.29) is 18.3 Å². The fourth-order valence-corrected chi connectivity index (χ4v) is 2.23. The average molecular weight is 351 g/mol. The van der Waals surface area contributed by atoms with Gasteiger partial charge in [-0.1, -0.05) is 25.1 Å². The number of anilines is 1. The molecule has 0 saturated heterocycles. The summed E-state index contributed by atoms with van der Waals surface area (Å²) in [4.78, 5) is 12.6. The molecular formula is C18H23ClN2O3. The number of rotatable bonds is 7. The Labute approximate surface area is 148 Å². The van der Waals surface area contributed by atoms with Crippen molar-refractivity contribution in [2.24, 2.45) is 0 Å². The molecule has 0 aliphatic rings. The number of halogens is 1. The third kappa shape index (κ3) is 4.88. The molecule has 0 heterocycles. The van der Waals surface area contributed by atoms with E-state index < -0.39 is 0 Å². The fourth-order valence-electron chi connectivity index (χ4n) is 2.23. The molecule has 0 fully saturated rings. The Morgan fingerprint density at radius 3 is 2.50 bits per heavy atom. The molecule has 2 rings (SSSR count). The summed E-state index contributed by atoms with van der Waals surface area (Å²) in [7, 11) is 3.11. The van der Waals surface area contributed by atoms with Crippen molar-refractivity contribution in [2.45, 2.75) is 13.5 Å². The Bertz CT molecular complexity index is 677. The van der Waals surface area contributed by atoms with Gasteiger partial charge in [-0.2, -0.15) is 0 Å². The summed E-state index contributed by atoms with van der Waals surface area (Å²) >= 11 is 0. The highest BCUT2D eigenvalue weighted by molar-refractivity contribution is 6.06. The van der Waals surface area contributed by atoms with E-state index >= 15 is 0 Å². The Morgan fingerprint density at radius 2 is 1.83 bits per heavy atom. The third-order valence-corrected chi connectivity index (χ3v) is 3.48. The van der Waals surface area contributed by atoms with Crippen molar-refractivity contribution in [1.82, 2.24) is 5.32 Å². The first-order chi connectivity index (χ1) is 11.2. The van der Waals surface area contributed by atoms with Gasteiger partial charge in [0.2, 0.25) is 0 Å². The van der Waals surface area contributed by atoms with E-state index in [0.29, 0.717) is 23.6 Å². The van der Waals surface area contributed by atoms with Crippen LogP contribution < -0.4 is 20.1 Å². The minimum atomic E-state index is -0.214. The number of carbonyl (C=O) groups excluding carboxylic acids is 1. The van der Waals surface area contributed by atoms with Crippen LogP contribution in [0.4, 0.5) is 5.69 Å². The van der Waals surface area contributed by atoms with Crippen LogP contribution in [0.25, 0.3) is 0 Å². The topological polar surface area (TPSA) is 59.6 Å². The van der Waals surface area contributed by atoms with Crippen LogP contribution in [0.3, 0.4) is 0 Å². The van der Waals surface area contributed by atoms with E-state index in [0.717, 1.165) is 17.8 Å². The van der Waals surface area contributed by atoms with Crippen molar-refractivity contribution >= 4 is 24.0 Å². The molecule has 0 saturated carbocycles. The summed E-state index contributed by atoms with van der Waals surface area (Å²) < 4.78 is 10.4. The maximum Gasteiger partial charge on any atom is 0.259 e.